The molecule has 2 rings (SSSR count). The van der Waals surface area contributed by atoms with Crippen LogP contribution in [0.4, 0.5) is 5.82 Å². The third kappa shape index (κ3) is 3.17. The summed E-state index contributed by atoms with van der Waals surface area (Å²) in [6, 6.07) is 7.18. The molecule has 10 heteroatoms. The highest BCUT2D eigenvalue weighted by Crippen LogP contribution is 2.26. The zero-order valence-electron chi connectivity index (χ0n) is 9.73. The molecule has 106 valence electrons. The van der Waals surface area contributed by atoms with Crippen molar-refractivity contribution >= 4 is 41.5 Å². The van der Waals surface area contributed by atoms with Crippen molar-refractivity contribution in [3.05, 3.63) is 50.6 Å². The highest BCUT2D eigenvalue weighted by atomic mass is 79.9. The van der Waals surface area contributed by atoms with Crippen LogP contribution in [0.1, 0.15) is 5.56 Å². The van der Waals surface area contributed by atoms with Crippen LogP contribution in [0.3, 0.4) is 0 Å². The molecule has 0 aliphatic carbocycles. The van der Waals surface area contributed by atoms with Crippen LogP contribution < -0.4 is 0 Å². The minimum Gasteiger partial charge on any atom is -0.358 e. The van der Waals surface area contributed by atoms with Gasteiger partial charge in [-0.1, -0.05) is 34.1 Å². The number of aromatic nitrogens is 2. The Bertz CT molecular complexity index is 775. The second-order valence-electron chi connectivity index (χ2n) is 3.80. The molecule has 0 amide bonds. The minimum atomic E-state index is -4.22. The van der Waals surface area contributed by atoms with Crippen molar-refractivity contribution in [1.29, 1.82) is 0 Å². The molecule has 0 radical (unpaired) electrons. The molecule has 0 spiro atoms. The van der Waals surface area contributed by atoms with E-state index in [1.165, 1.54) is 0 Å². The van der Waals surface area contributed by atoms with E-state index in [0.29, 0.717) is 0 Å². The zero-order chi connectivity index (χ0) is 14.9. The maximum atomic E-state index is 11.3. The van der Waals surface area contributed by atoms with Crippen LogP contribution in [0.15, 0.2) is 39.8 Å². The Morgan fingerprint density at radius 1 is 1.40 bits per heavy atom. The second-order valence-corrected chi connectivity index (χ2v) is 7.19. The van der Waals surface area contributed by atoms with Crippen LogP contribution in [0.2, 0.25) is 0 Å². The van der Waals surface area contributed by atoms with Crippen molar-refractivity contribution in [3.8, 4) is 0 Å². The number of nitro groups is 1. The molecular weight excluding hydrogens is 374 g/mol. The van der Waals surface area contributed by atoms with Crippen molar-refractivity contribution in [3.63, 3.8) is 0 Å². The largest absolute Gasteiger partial charge is 0.410 e. The van der Waals surface area contributed by atoms with Crippen LogP contribution in [0.25, 0.3) is 0 Å². The summed E-state index contributed by atoms with van der Waals surface area (Å²) in [5, 5.41) is 14.4. The van der Waals surface area contributed by atoms with E-state index < -0.39 is 24.7 Å². The van der Waals surface area contributed by atoms with E-state index in [-0.39, 0.29) is 6.54 Å². The van der Waals surface area contributed by atoms with Crippen LogP contribution in [-0.2, 0) is 15.6 Å². The first-order chi connectivity index (χ1) is 9.29. The molecule has 1 aromatic carbocycles. The molecule has 0 unspecified atom stereocenters. The molecule has 20 heavy (non-hydrogen) atoms. The first-order valence-electron chi connectivity index (χ1n) is 5.19. The Hall–Kier alpha value is -1.45. The maximum Gasteiger partial charge on any atom is 0.410 e. The summed E-state index contributed by atoms with van der Waals surface area (Å²) in [5.41, 5.74) is 0.795. The average molecular weight is 381 g/mol. The van der Waals surface area contributed by atoms with Gasteiger partial charge < -0.3 is 10.1 Å². The molecule has 0 bridgehead atoms. The smallest absolute Gasteiger partial charge is 0.358 e. The van der Waals surface area contributed by atoms with Gasteiger partial charge in [0.2, 0.25) is 4.90 Å². The van der Waals surface area contributed by atoms with E-state index in [2.05, 4.69) is 21.0 Å². The normalized spacial score (nSPS) is 11.5. The minimum absolute atomic E-state index is 0.175. The van der Waals surface area contributed by atoms with E-state index in [4.69, 9.17) is 10.7 Å². The van der Waals surface area contributed by atoms with Gasteiger partial charge in [-0.3, -0.25) is 0 Å². The lowest BCUT2D eigenvalue weighted by molar-refractivity contribution is -0.392. The predicted octanol–water partition coefficient (Wildman–Crippen LogP) is 2.53. The Kier molecular flexibility index (Phi) is 4.11. The zero-order valence-corrected chi connectivity index (χ0v) is 12.9. The third-order valence-electron chi connectivity index (χ3n) is 2.44. The molecule has 0 fully saturated rings. The van der Waals surface area contributed by atoms with E-state index in [0.717, 1.165) is 20.9 Å². The number of halogens is 2. The van der Waals surface area contributed by atoms with Crippen molar-refractivity contribution < 1.29 is 13.3 Å². The Labute approximate surface area is 126 Å². The first-order valence-corrected chi connectivity index (χ1v) is 8.29. The molecule has 1 aromatic heterocycles. The number of hydrogen-bond donors (Lipinski definition) is 0. The lowest BCUT2D eigenvalue weighted by Crippen LogP contribution is -2.01. The van der Waals surface area contributed by atoms with Crippen LogP contribution in [-0.4, -0.2) is 23.1 Å². The predicted molar refractivity (Wildman–Crippen MR) is 75.2 cm³/mol. The molecule has 0 saturated heterocycles. The fourth-order valence-electron chi connectivity index (χ4n) is 1.57. The van der Waals surface area contributed by atoms with Crippen molar-refractivity contribution in [2.75, 3.05) is 0 Å². The monoisotopic (exact) mass is 379 g/mol. The van der Waals surface area contributed by atoms with Crippen molar-refractivity contribution in [1.82, 2.24) is 9.78 Å². The fraction of sp³-hybridized carbons (Fsp3) is 0.100. The molecule has 0 aliphatic heterocycles. The summed E-state index contributed by atoms with van der Waals surface area (Å²) in [6.07, 6.45) is 1.04. The number of benzene rings is 1. The van der Waals surface area contributed by atoms with Gasteiger partial charge in [-0.2, -0.15) is 4.68 Å². The summed E-state index contributed by atoms with van der Waals surface area (Å²) in [5.74, 6) is -0.785. The molecule has 7 nitrogen and oxygen atoms in total. The van der Waals surface area contributed by atoms with Crippen LogP contribution >= 0.6 is 26.6 Å². The lowest BCUT2D eigenvalue weighted by Gasteiger charge is -2.00. The Morgan fingerprint density at radius 2 is 2.05 bits per heavy atom. The van der Waals surface area contributed by atoms with E-state index >= 15 is 0 Å². The number of nitrogens with zero attached hydrogens (tertiary/aromatic N) is 3. The van der Waals surface area contributed by atoms with E-state index in [9.17, 15) is 18.5 Å². The van der Waals surface area contributed by atoms with Gasteiger partial charge in [-0.05, 0) is 16.6 Å². The van der Waals surface area contributed by atoms with Gasteiger partial charge in [0.1, 0.15) is 0 Å². The van der Waals surface area contributed by atoms with E-state index in [1.807, 2.05) is 6.07 Å². The Morgan fingerprint density at radius 3 is 2.55 bits per heavy atom. The van der Waals surface area contributed by atoms with E-state index in [1.54, 1.807) is 18.2 Å². The third-order valence-corrected chi connectivity index (χ3v) is 4.52. The SMILES string of the molecule is O=[N+]([O-])c1nn(Cc2ccccc2Br)cc1S(=O)(=O)Cl. The van der Waals surface area contributed by atoms with Gasteiger partial charge >= 0.3 is 5.82 Å². The highest BCUT2D eigenvalue weighted by Gasteiger charge is 2.30. The topological polar surface area (TPSA) is 95.1 Å². The van der Waals surface area contributed by atoms with Crippen molar-refractivity contribution in [2.24, 2.45) is 0 Å². The van der Waals surface area contributed by atoms with Gasteiger partial charge in [0.25, 0.3) is 9.05 Å². The molecular formula is C10H7BrClN3O4S. The molecule has 0 saturated carbocycles. The van der Waals surface area contributed by atoms with Gasteiger partial charge in [-0.15, -0.1) is 0 Å². The number of hydrogen-bond acceptors (Lipinski definition) is 5. The van der Waals surface area contributed by atoms with Gasteiger partial charge in [0.15, 0.2) is 0 Å². The summed E-state index contributed by atoms with van der Waals surface area (Å²) in [4.78, 5) is 9.30. The second kappa shape index (κ2) is 5.51. The summed E-state index contributed by atoms with van der Waals surface area (Å²) < 4.78 is 24.5. The molecule has 0 aliphatic rings. The first kappa shape index (κ1) is 14.9. The average Bonchev–Trinajstić information content (AvgIpc) is 2.76. The highest BCUT2D eigenvalue weighted by molar-refractivity contribution is 9.10. The van der Waals surface area contributed by atoms with Gasteiger partial charge in [0.05, 0.1) is 17.8 Å². The van der Waals surface area contributed by atoms with Crippen LogP contribution in [0.5, 0.6) is 0 Å². The van der Waals surface area contributed by atoms with Crippen molar-refractivity contribution in [2.45, 2.75) is 11.4 Å². The summed E-state index contributed by atoms with van der Waals surface area (Å²) in [6.45, 7) is 0.175. The van der Waals surface area contributed by atoms with Gasteiger partial charge in [0, 0.05) is 15.2 Å². The standard InChI is InChI=1S/C10H7BrClN3O4S/c11-8-4-2-1-3-7(8)5-14-6-9(20(12,18)19)10(13-14)15(16)17/h1-4,6H,5H2. The number of rotatable bonds is 4. The Balaban J connectivity index is 2.45. The summed E-state index contributed by atoms with van der Waals surface area (Å²) in [7, 11) is 0.936. The van der Waals surface area contributed by atoms with Gasteiger partial charge in [-0.25, -0.2) is 8.42 Å². The quantitative estimate of drug-likeness (QED) is 0.461. The molecule has 1 heterocycles. The fourth-order valence-corrected chi connectivity index (χ4v) is 2.89. The van der Waals surface area contributed by atoms with Crippen LogP contribution in [0, 0.1) is 10.1 Å². The molecule has 2 aromatic rings. The lowest BCUT2D eigenvalue weighted by atomic mass is 10.2. The maximum absolute atomic E-state index is 11.3. The molecule has 0 atom stereocenters. The molecule has 0 N–H and O–H groups in total. The summed E-state index contributed by atoms with van der Waals surface area (Å²) >= 11 is 3.33.